The summed E-state index contributed by atoms with van der Waals surface area (Å²) < 4.78 is 29.8. The van der Waals surface area contributed by atoms with E-state index in [0.717, 1.165) is 6.42 Å². The minimum absolute atomic E-state index is 0.0296. The lowest BCUT2D eigenvalue weighted by atomic mass is 10.0. The molecule has 8 nitrogen and oxygen atoms in total. The van der Waals surface area contributed by atoms with Gasteiger partial charge in [-0.25, -0.2) is 0 Å². The number of fused-ring (bicyclic) bond motifs is 1. The molecule has 0 unspecified atom stereocenters. The SMILES string of the molecule is CCCCN1C(=O)c2ccc(C(=O)N3CCN(C(=O)c4ccccc4OC(F)F)CC3)cc2C1=O. The lowest BCUT2D eigenvalue weighted by Gasteiger charge is -2.35. The van der Waals surface area contributed by atoms with Crippen molar-refractivity contribution >= 4 is 23.6 Å². The molecule has 2 aliphatic heterocycles. The number of para-hydroxylation sites is 1. The molecule has 2 aliphatic rings. The summed E-state index contributed by atoms with van der Waals surface area (Å²) >= 11 is 0. The van der Waals surface area contributed by atoms with Crippen LogP contribution >= 0.6 is 0 Å². The Kier molecular flexibility index (Phi) is 7.09. The zero-order chi connectivity index (χ0) is 25.1. The maximum atomic E-state index is 13.1. The van der Waals surface area contributed by atoms with Crippen LogP contribution in [0.3, 0.4) is 0 Å². The number of alkyl halides is 2. The number of halogens is 2. The monoisotopic (exact) mass is 485 g/mol. The van der Waals surface area contributed by atoms with E-state index in [1.54, 1.807) is 11.0 Å². The summed E-state index contributed by atoms with van der Waals surface area (Å²) in [5.41, 5.74) is 0.837. The maximum absolute atomic E-state index is 13.1. The van der Waals surface area contributed by atoms with Gasteiger partial charge in [0.25, 0.3) is 23.6 Å². The Morgan fingerprint density at radius 1 is 0.914 bits per heavy atom. The van der Waals surface area contributed by atoms with Gasteiger partial charge in [-0.2, -0.15) is 8.78 Å². The van der Waals surface area contributed by atoms with Gasteiger partial charge in [0.05, 0.1) is 16.7 Å². The number of benzene rings is 2. The van der Waals surface area contributed by atoms with Crippen molar-refractivity contribution in [3.05, 3.63) is 64.7 Å². The van der Waals surface area contributed by atoms with Gasteiger partial charge in [-0.05, 0) is 36.8 Å². The van der Waals surface area contributed by atoms with Crippen molar-refractivity contribution in [2.24, 2.45) is 0 Å². The minimum Gasteiger partial charge on any atom is -0.434 e. The number of nitrogens with zero attached hydrogens (tertiary/aromatic N) is 3. The van der Waals surface area contributed by atoms with Gasteiger partial charge in [-0.15, -0.1) is 0 Å². The van der Waals surface area contributed by atoms with Crippen LogP contribution in [0.25, 0.3) is 0 Å². The quantitative estimate of drug-likeness (QED) is 0.562. The molecule has 10 heteroatoms. The fourth-order valence-corrected chi connectivity index (χ4v) is 4.25. The predicted molar refractivity (Wildman–Crippen MR) is 122 cm³/mol. The molecule has 1 fully saturated rings. The van der Waals surface area contributed by atoms with E-state index in [1.165, 1.54) is 46.2 Å². The van der Waals surface area contributed by atoms with Crippen molar-refractivity contribution in [3.63, 3.8) is 0 Å². The number of hydrogen-bond donors (Lipinski definition) is 0. The lowest BCUT2D eigenvalue weighted by Crippen LogP contribution is -2.50. The van der Waals surface area contributed by atoms with E-state index in [4.69, 9.17) is 0 Å². The molecule has 0 aromatic heterocycles. The molecule has 1 saturated heterocycles. The average molecular weight is 485 g/mol. The van der Waals surface area contributed by atoms with Gasteiger partial charge in [-0.3, -0.25) is 24.1 Å². The Hall–Kier alpha value is -3.82. The van der Waals surface area contributed by atoms with Gasteiger partial charge in [-0.1, -0.05) is 25.5 Å². The molecule has 0 N–H and O–H groups in total. The third kappa shape index (κ3) is 4.87. The summed E-state index contributed by atoms with van der Waals surface area (Å²) in [6.07, 6.45) is 1.55. The fraction of sp³-hybridized carbons (Fsp3) is 0.360. The van der Waals surface area contributed by atoms with Gasteiger partial charge >= 0.3 is 6.61 Å². The minimum atomic E-state index is -3.05. The molecule has 184 valence electrons. The molecule has 2 aromatic rings. The number of ether oxygens (including phenoxy) is 1. The highest BCUT2D eigenvalue weighted by Gasteiger charge is 2.36. The number of rotatable bonds is 7. The van der Waals surface area contributed by atoms with Crippen LogP contribution < -0.4 is 4.74 Å². The highest BCUT2D eigenvalue weighted by Crippen LogP contribution is 2.26. The van der Waals surface area contributed by atoms with Gasteiger partial charge in [0.1, 0.15) is 5.75 Å². The molecule has 2 aromatic carbocycles. The zero-order valence-corrected chi connectivity index (χ0v) is 19.2. The molecule has 0 atom stereocenters. The topological polar surface area (TPSA) is 87.2 Å². The van der Waals surface area contributed by atoms with E-state index >= 15 is 0 Å². The molecule has 2 heterocycles. The molecule has 0 spiro atoms. The highest BCUT2D eigenvalue weighted by molar-refractivity contribution is 6.22. The maximum Gasteiger partial charge on any atom is 0.387 e. The van der Waals surface area contributed by atoms with E-state index < -0.39 is 18.4 Å². The molecule has 4 rings (SSSR count). The first-order chi connectivity index (χ1) is 16.8. The molecule has 0 bridgehead atoms. The number of carbonyl (C=O) groups excluding carboxylic acids is 4. The van der Waals surface area contributed by atoms with Crippen molar-refractivity contribution in [2.45, 2.75) is 26.4 Å². The number of carbonyl (C=O) groups is 4. The Balaban J connectivity index is 1.42. The number of unbranched alkanes of at least 4 members (excludes halogenated alkanes) is 1. The molecule has 4 amide bonds. The predicted octanol–water partition coefficient (Wildman–Crippen LogP) is 3.28. The first kappa shape index (κ1) is 24.3. The third-order valence-corrected chi connectivity index (χ3v) is 6.14. The van der Waals surface area contributed by atoms with Gasteiger partial charge < -0.3 is 14.5 Å². The van der Waals surface area contributed by atoms with E-state index in [0.29, 0.717) is 18.5 Å². The summed E-state index contributed by atoms with van der Waals surface area (Å²) in [6, 6.07) is 10.3. The van der Waals surface area contributed by atoms with E-state index in [9.17, 15) is 28.0 Å². The van der Waals surface area contributed by atoms with E-state index in [1.807, 2.05) is 6.92 Å². The summed E-state index contributed by atoms with van der Waals surface area (Å²) in [5.74, 6) is -1.71. The molecule has 0 aliphatic carbocycles. The van der Waals surface area contributed by atoms with E-state index in [-0.39, 0.29) is 60.4 Å². The third-order valence-electron chi connectivity index (χ3n) is 6.14. The summed E-state index contributed by atoms with van der Waals surface area (Å²) in [5, 5.41) is 0. The normalized spacial score (nSPS) is 15.6. The van der Waals surface area contributed by atoms with Gasteiger partial charge in [0.2, 0.25) is 0 Å². The Bertz CT molecular complexity index is 1160. The summed E-state index contributed by atoms with van der Waals surface area (Å²) in [4.78, 5) is 55.4. The molecule has 0 radical (unpaired) electrons. The van der Waals surface area contributed by atoms with Crippen molar-refractivity contribution in [3.8, 4) is 5.75 Å². The molecular formula is C25H25F2N3O5. The smallest absolute Gasteiger partial charge is 0.387 e. The standard InChI is InChI=1S/C25H25F2N3O5/c1-2-3-10-30-23(33)17-9-8-16(15-19(17)24(30)34)21(31)28-11-13-29(14-12-28)22(32)18-6-4-5-7-20(18)35-25(26)27/h4-9,15,25H,2-3,10-14H2,1H3. The first-order valence-corrected chi connectivity index (χ1v) is 11.4. The second-order valence-corrected chi connectivity index (χ2v) is 8.33. The number of amides is 4. The van der Waals surface area contributed by atoms with Crippen LogP contribution in [0.4, 0.5) is 8.78 Å². The molecule has 35 heavy (non-hydrogen) atoms. The number of hydrogen-bond acceptors (Lipinski definition) is 5. The van der Waals surface area contributed by atoms with Crippen LogP contribution in [-0.2, 0) is 0 Å². The number of piperazine rings is 1. The zero-order valence-electron chi connectivity index (χ0n) is 19.2. The Morgan fingerprint density at radius 2 is 1.54 bits per heavy atom. The number of imide groups is 1. The average Bonchev–Trinajstić information content (AvgIpc) is 3.10. The van der Waals surface area contributed by atoms with Crippen LogP contribution in [0.15, 0.2) is 42.5 Å². The molecular weight excluding hydrogens is 460 g/mol. The largest absolute Gasteiger partial charge is 0.434 e. The van der Waals surface area contributed by atoms with E-state index in [2.05, 4.69) is 4.74 Å². The van der Waals surface area contributed by atoms with Crippen LogP contribution in [0, 0.1) is 0 Å². The first-order valence-electron chi connectivity index (χ1n) is 11.4. The van der Waals surface area contributed by atoms with Crippen molar-refractivity contribution < 1.29 is 32.7 Å². The van der Waals surface area contributed by atoms with Crippen LogP contribution in [0.2, 0.25) is 0 Å². The highest BCUT2D eigenvalue weighted by atomic mass is 19.3. The van der Waals surface area contributed by atoms with Gasteiger partial charge in [0.15, 0.2) is 0 Å². The van der Waals surface area contributed by atoms with Gasteiger partial charge in [0, 0.05) is 38.3 Å². The Labute approximate surface area is 201 Å². The van der Waals surface area contributed by atoms with Crippen LogP contribution in [0.5, 0.6) is 5.75 Å². The summed E-state index contributed by atoms with van der Waals surface area (Å²) in [7, 11) is 0. The second-order valence-electron chi connectivity index (χ2n) is 8.33. The molecule has 0 saturated carbocycles. The Morgan fingerprint density at radius 3 is 2.20 bits per heavy atom. The van der Waals surface area contributed by atoms with Crippen molar-refractivity contribution in [1.29, 1.82) is 0 Å². The fourth-order valence-electron chi connectivity index (χ4n) is 4.25. The summed E-state index contributed by atoms with van der Waals surface area (Å²) in [6.45, 7) is 0.142. The van der Waals surface area contributed by atoms with Crippen molar-refractivity contribution in [1.82, 2.24) is 14.7 Å². The van der Waals surface area contributed by atoms with Crippen LogP contribution in [-0.4, -0.2) is 77.7 Å². The van der Waals surface area contributed by atoms with Crippen LogP contribution in [0.1, 0.15) is 61.2 Å². The van der Waals surface area contributed by atoms with Crippen molar-refractivity contribution in [2.75, 3.05) is 32.7 Å². The second kappa shape index (κ2) is 10.2. The lowest BCUT2D eigenvalue weighted by molar-refractivity contribution is -0.0503.